The number of azo groups is 1. The minimum Gasteiger partial charge on any atom is -0.507 e. The molecule has 7 heteroatoms. The van der Waals surface area contributed by atoms with Gasteiger partial charge in [0, 0.05) is 6.54 Å². The Morgan fingerprint density at radius 3 is 2.26 bits per heavy atom. The van der Waals surface area contributed by atoms with Crippen molar-refractivity contribution in [3.63, 3.8) is 0 Å². The highest BCUT2D eigenvalue weighted by Crippen LogP contribution is 2.25. The summed E-state index contributed by atoms with van der Waals surface area (Å²) in [7, 11) is 0. The maximum atomic E-state index is 11.8. The lowest BCUT2D eigenvalue weighted by molar-refractivity contribution is 0.0696. The van der Waals surface area contributed by atoms with E-state index in [2.05, 4.69) is 15.5 Å². The van der Waals surface area contributed by atoms with Crippen molar-refractivity contribution in [1.82, 2.24) is 5.32 Å². The van der Waals surface area contributed by atoms with E-state index >= 15 is 0 Å². The van der Waals surface area contributed by atoms with Crippen LogP contribution in [0.4, 0.5) is 11.4 Å². The summed E-state index contributed by atoms with van der Waals surface area (Å²) < 4.78 is 0. The van der Waals surface area contributed by atoms with Crippen molar-refractivity contribution >= 4 is 23.3 Å². The summed E-state index contributed by atoms with van der Waals surface area (Å²) in [6.07, 6.45) is 0. The second kappa shape index (κ2) is 7.17. The van der Waals surface area contributed by atoms with E-state index in [4.69, 9.17) is 5.11 Å². The van der Waals surface area contributed by atoms with Crippen molar-refractivity contribution in [2.75, 3.05) is 6.54 Å². The largest absolute Gasteiger partial charge is 0.507 e. The van der Waals surface area contributed by atoms with Crippen molar-refractivity contribution in [2.24, 2.45) is 10.2 Å². The Labute approximate surface area is 132 Å². The summed E-state index contributed by atoms with van der Waals surface area (Å²) in [6.45, 7) is 2.22. The first-order valence-corrected chi connectivity index (χ1v) is 6.87. The molecule has 0 radical (unpaired) electrons. The van der Waals surface area contributed by atoms with E-state index in [1.165, 1.54) is 42.5 Å². The lowest BCUT2D eigenvalue weighted by Crippen LogP contribution is -2.22. The molecular weight excluding hydrogens is 298 g/mol. The first kappa shape index (κ1) is 16.2. The third-order valence-electron chi connectivity index (χ3n) is 2.96. The number of amides is 1. The van der Waals surface area contributed by atoms with E-state index < -0.39 is 11.9 Å². The van der Waals surface area contributed by atoms with Gasteiger partial charge in [0.05, 0.1) is 22.5 Å². The standard InChI is InChI=1S/C16H15N3O4/c1-2-17-15(21)13-9-12(7-8-14(13)20)19-18-11-5-3-10(4-6-11)16(22)23/h3-9,20H,2H2,1H3,(H,17,21)(H,22,23). The van der Waals surface area contributed by atoms with E-state index in [1.807, 2.05) is 0 Å². The van der Waals surface area contributed by atoms with Crippen LogP contribution in [-0.2, 0) is 0 Å². The number of phenolic OH excluding ortho intramolecular Hbond substituents is 1. The van der Waals surface area contributed by atoms with Crippen molar-refractivity contribution in [3.8, 4) is 5.75 Å². The number of nitrogens with zero attached hydrogens (tertiary/aromatic N) is 2. The quantitative estimate of drug-likeness (QED) is 0.735. The van der Waals surface area contributed by atoms with Crippen LogP contribution < -0.4 is 5.32 Å². The first-order valence-electron chi connectivity index (χ1n) is 6.87. The summed E-state index contributed by atoms with van der Waals surface area (Å²) in [5, 5.41) is 29.1. The van der Waals surface area contributed by atoms with Gasteiger partial charge in [-0.15, -0.1) is 0 Å². The predicted octanol–water partition coefficient (Wildman–Crippen LogP) is 3.26. The Kier molecular flexibility index (Phi) is 5.03. The van der Waals surface area contributed by atoms with Crippen LogP contribution in [0.15, 0.2) is 52.7 Å². The van der Waals surface area contributed by atoms with Gasteiger partial charge in [-0.1, -0.05) is 0 Å². The number of benzene rings is 2. The number of carboxylic acids is 1. The van der Waals surface area contributed by atoms with Crippen molar-refractivity contribution < 1.29 is 19.8 Å². The minimum atomic E-state index is -1.02. The van der Waals surface area contributed by atoms with Gasteiger partial charge in [0.2, 0.25) is 0 Å². The molecule has 0 atom stereocenters. The molecule has 0 unspecified atom stereocenters. The van der Waals surface area contributed by atoms with Gasteiger partial charge in [0.15, 0.2) is 0 Å². The predicted molar refractivity (Wildman–Crippen MR) is 83.7 cm³/mol. The fourth-order valence-electron chi connectivity index (χ4n) is 1.81. The number of phenols is 1. The normalized spacial score (nSPS) is 10.7. The number of aromatic hydroxyl groups is 1. The van der Waals surface area contributed by atoms with E-state index in [9.17, 15) is 14.7 Å². The number of hydrogen-bond donors (Lipinski definition) is 3. The molecule has 0 spiro atoms. The summed E-state index contributed by atoms with van der Waals surface area (Å²) in [5.74, 6) is -1.55. The molecule has 0 bridgehead atoms. The topological polar surface area (TPSA) is 111 Å². The summed E-state index contributed by atoms with van der Waals surface area (Å²) in [4.78, 5) is 22.6. The molecule has 0 aliphatic carbocycles. The first-order chi connectivity index (χ1) is 11.0. The number of carboxylic acid groups (broad SMARTS) is 1. The second-order valence-corrected chi connectivity index (χ2v) is 4.61. The van der Waals surface area contributed by atoms with Crippen LogP contribution in [0.1, 0.15) is 27.6 Å². The molecule has 0 aromatic heterocycles. The number of hydrogen-bond acceptors (Lipinski definition) is 5. The van der Waals surface area contributed by atoms with Gasteiger partial charge in [-0.2, -0.15) is 10.2 Å². The third kappa shape index (κ3) is 4.13. The van der Waals surface area contributed by atoms with Crippen LogP contribution in [0.5, 0.6) is 5.75 Å². The molecule has 0 aliphatic heterocycles. The molecule has 0 heterocycles. The van der Waals surface area contributed by atoms with Gasteiger partial charge < -0.3 is 15.5 Å². The van der Waals surface area contributed by atoms with E-state index in [0.717, 1.165) is 0 Å². The Morgan fingerprint density at radius 2 is 1.65 bits per heavy atom. The van der Waals surface area contributed by atoms with Crippen molar-refractivity contribution in [1.29, 1.82) is 0 Å². The number of carbonyl (C=O) groups excluding carboxylic acids is 1. The summed E-state index contributed by atoms with van der Waals surface area (Å²) in [5.41, 5.74) is 1.14. The highest BCUT2D eigenvalue weighted by atomic mass is 16.4. The number of rotatable bonds is 5. The van der Waals surface area contributed by atoms with Crippen LogP contribution in [0.2, 0.25) is 0 Å². The Bertz CT molecular complexity index is 754. The van der Waals surface area contributed by atoms with Crippen molar-refractivity contribution in [2.45, 2.75) is 6.92 Å². The Morgan fingerprint density at radius 1 is 1.04 bits per heavy atom. The van der Waals surface area contributed by atoms with Crippen molar-refractivity contribution in [3.05, 3.63) is 53.6 Å². The smallest absolute Gasteiger partial charge is 0.335 e. The van der Waals surface area contributed by atoms with Gasteiger partial charge in [0.1, 0.15) is 5.75 Å². The van der Waals surface area contributed by atoms with Crippen LogP contribution in [0, 0.1) is 0 Å². The van der Waals surface area contributed by atoms with E-state index in [1.54, 1.807) is 6.92 Å². The molecule has 3 N–H and O–H groups in total. The lowest BCUT2D eigenvalue weighted by Gasteiger charge is -2.05. The Balaban J connectivity index is 2.20. The Hall–Kier alpha value is -3.22. The average molecular weight is 313 g/mol. The van der Waals surface area contributed by atoms with Crippen LogP contribution in [-0.4, -0.2) is 28.6 Å². The van der Waals surface area contributed by atoms with Crippen LogP contribution in [0.3, 0.4) is 0 Å². The molecule has 2 rings (SSSR count). The molecule has 23 heavy (non-hydrogen) atoms. The molecule has 1 amide bonds. The second-order valence-electron chi connectivity index (χ2n) is 4.61. The molecule has 118 valence electrons. The number of nitrogens with one attached hydrogen (secondary N) is 1. The lowest BCUT2D eigenvalue weighted by atomic mass is 10.1. The molecule has 0 aliphatic rings. The van der Waals surface area contributed by atoms with Gasteiger partial charge in [-0.05, 0) is 49.4 Å². The molecule has 2 aromatic carbocycles. The number of carbonyl (C=O) groups is 2. The highest BCUT2D eigenvalue weighted by molar-refractivity contribution is 5.97. The average Bonchev–Trinajstić information content (AvgIpc) is 2.54. The molecule has 2 aromatic rings. The SMILES string of the molecule is CCNC(=O)c1cc(N=Nc2ccc(C(=O)O)cc2)ccc1O. The maximum Gasteiger partial charge on any atom is 0.335 e. The highest BCUT2D eigenvalue weighted by Gasteiger charge is 2.10. The zero-order valence-electron chi connectivity index (χ0n) is 12.4. The summed E-state index contributed by atoms with van der Waals surface area (Å²) in [6, 6.07) is 10.2. The zero-order chi connectivity index (χ0) is 16.8. The van der Waals surface area contributed by atoms with E-state index in [-0.39, 0.29) is 16.9 Å². The molecular formula is C16H15N3O4. The molecule has 0 fully saturated rings. The maximum absolute atomic E-state index is 11.8. The molecule has 7 nitrogen and oxygen atoms in total. The fourth-order valence-corrected chi connectivity index (χ4v) is 1.81. The van der Waals surface area contributed by atoms with Gasteiger partial charge in [-0.25, -0.2) is 4.79 Å². The van der Waals surface area contributed by atoms with E-state index in [0.29, 0.717) is 17.9 Å². The monoisotopic (exact) mass is 313 g/mol. The zero-order valence-corrected chi connectivity index (χ0v) is 12.4. The van der Waals surface area contributed by atoms with Gasteiger partial charge >= 0.3 is 5.97 Å². The molecule has 0 saturated carbocycles. The minimum absolute atomic E-state index is 0.115. The fraction of sp³-hybridized carbons (Fsp3) is 0.125. The van der Waals surface area contributed by atoms with Gasteiger partial charge in [0.25, 0.3) is 5.91 Å². The number of aromatic carboxylic acids is 1. The third-order valence-corrected chi connectivity index (χ3v) is 2.96. The summed E-state index contributed by atoms with van der Waals surface area (Å²) >= 11 is 0. The molecule has 0 saturated heterocycles. The van der Waals surface area contributed by atoms with Gasteiger partial charge in [-0.3, -0.25) is 4.79 Å². The van der Waals surface area contributed by atoms with Crippen LogP contribution in [0.25, 0.3) is 0 Å². The van der Waals surface area contributed by atoms with Crippen LogP contribution >= 0.6 is 0 Å².